The number of para-hydroxylation sites is 1. The number of ether oxygens (including phenoxy) is 2. The topological polar surface area (TPSA) is 65.0 Å². The minimum atomic E-state index is -0.415. The van der Waals surface area contributed by atoms with Crippen LogP contribution in [-0.4, -0.2) is 30.7 Å². The summed E-state index contributed by atoms with van der Waals surface area (Å²) >= 11 is 1.63. The van der Waals surface area contributed by atoms with Crippen LogP contribution in [0.2, 0.25) is 0 Å². The molecule has 2 aliphatic rings. The normalized spacial score (nSPS) is 21.1. The van der Waals surface area contributed by atoms with Gasteiger partial charge in [0.05, 0.1) is 11.5 Å². The van der Waals surface area contributed by atoms with Gasteiger partial charge < -0.3 is 9.47 Å². The Morgan fingerprint density at radius 3 is 2.60 bits per heavy atom. The summed E-state index contributed by atoms with van der Waals surface area (Å²) in [6.45, 7) is 4.27. The number of thiophene rings is 1. The lowest BCUT2D eigenvalue weighted by molar-refractivity contribution is -0.140. The van der Waals surface area contributed by atoms with Crippen molar-refractivity contribution in [3.05, 3.63) is 63.5 Å². The largest absolute Gasteiger partial charge is 0.490 e. The van der Waals surface area contributed by atoms with Crippen LogP contribution in [-0.2, 0) is 14.3 Å². The van der Waals surface area contributed by atoms with Crippen LogP contribution in [0.25, 0.3) is 0 Å². The number of carbonyl (C=O) groups is 2. The number of carbonyl (C=O) groups excluding carboxylic acids is 2. The third-order valence-corrected chi connectivity index (χ3v) is 6.61. The number of nitrogens with zero attached hydrogens (tertiary/aromatic N) is 1. The minimum absolute atomic E-state index is 0.135. The number of aliphatic imine (C=N–C) groups is 1. The molecule has 2 aromatic rings. The van der Waals surface area contributed by atoms with Crippen molar-refractivity contribution in [2.24, 2.45) is 10.9 Å². The highest BCUT2D eigenvalue weighted by atomic mass is 32.1. The molecule has 1 aliphatic heterocycles. The van der Waals surface area contributed by atoms with Gasteiger partial charge >= 0.3 is 5.97 Å². The van der Waals surface area contributed by atoms with Gasteiger partial charge in [-0.15, -0.1) is 11.3 Å². The maximum Gasteiger partial charge on any atom is 0.336 e. The Kier molecular flexibility index (Phi) is 6.13. The van der Waals surface area contributed by atoms with Gasteiger partial charge in [-0.05, 0) is 51.0 Å². The predicted octanol–water partition coefficient (Wildman–Crippen LogP) is 4.86. The summed E-state index contributed by atoms with van der Waals surface area (Å²) < 4.78 is 11.2. The molecule has 30 heavy (non-hydrogen) atoms. The maximum absolute atomic E-state index is 13.1. The highest BCUT2D eigenvalue weighted by Crippen LogP contribution is 2.45. The SMILES string of the molecule is CC1=C(C(=O)OCCOc2ccccc2)[C@@H](c2ccc(C)s2)C2C(=O)CCCC2=N1. The molecular weight excluding hydrogens is 398 g/mol. The summed E-state index contributed by atoms with van der Waals surface area (Å²) in [6, 6.07) is 13.5. The van der Waals surface area contributed by atoms with E-state index in [1.54, 1.807) is 11.3 Å². The highest BCUT2D eigenvalue weighted by molar-refractivity contribution is 7.12. The van der Waals surface area contributed by atoms with E-state index in [9.17, 15) is 9.59 Å². The molecule has 4 rings (SSSR count). The molecule has 1 saturated carbocycles. The molecule has 0 N–H and O–H groups in total. The maximum atomic E-state index is 13.1. The summed E-state index contributed by atoms with van der Waals surface area (Å²) in [5.41, 5.74) is 2.06. The lowest BCUT2D eigenvalue weighted by Crippen LogP contribution is -2.38. The molecule has 1 aliphatic carbocycles. The zero-order chi connectivity index (χ0) is 21.1. The Hall–Kier alpha value is -2.73. The Morgan fingerprint density at radius 1 is 1.07 bits per heavy atom. The molecule has 0 bridgehead atoms. The molecule has 5 nitrogen and oxygen atoms in total. The summed E-state index contributed by atoms with van der Waals surface area (Å²) in [7, 11) is 0. The van der Waals surface area contributed by atoms with E-state index in [1.807, 2.05) is 56.3 Å². The number of allylic oxidation sites excluding steroid dienone is 1. The Morgan fingerprint density at radius 2 is 1.87 bits per heavy atom. The average molecular weight is 424 g/mol. The van der Waals surface area contributed by atoms with Crippen LogP contribution >= 0.6 is 11.3 Å². The van der Waals surface area contributed by atoms with E-state index in [0.29, 0.717) is 17.7 Å². The molecule has 1 aromatic carbocycles. The molecule has 0 amide bonds. The first-order valence-corrected chi connectivity index (χ1v) is 11.1. The molecule has 6 heteroatoms. The summed E-state index contributed by atoms with van der Waals surface area (Å²) in [5.74, 6) is -0.187. The molecule has 1 aromatic heterocycles. The Bertz CT molecular complexity index is 1010. The van der Waals surface area contributed by atoms with Gasteiger partial charge in [0.2, 0.25) is 0 Å². The second-order valence-electron chi connectivity index (χ2n) is 7.62. The summed E-state index contributed by atoms with van der Waals surface area (Å²) in [6.07, 6.45) is 2.17. The van der Waals surface area contributed by atoms with Gasteiger partial charge in [0.25, 0.3) is 0 Å². The Balaban J connectivity index is 1.54. The van der Waals surface area contributed by atoms with E-state index in [2.05, 4.69) is 4.99 Å². The van der Waals surface area contributed by atoms with Crippen molar-refractivity contribution in [1.82, 2.24) is 0 Å². The van der Waals surface area contributed by atoms with Crippen LogP contribution in [0.1, 0.15) is 41.9 Å². The first kappa shape index (κ1) is 20.5. The van der Waals surface area contributed by atoms with Gasteiger partial charge in [0.1, 0.15) is 24.7 Å². The van der Waals surface area contributed by atoms with Crippen LogP contribution in [0.5, 0.6) is 5.75 Å². The van der Waals surface area contributed by atoms with E-state index in [1.165, 1.54) is 0 Å². The van der Waals surface area contributed by atoms with Gasteiger partial charge in [-0.1, -0.05) is 18.2 Å². The van der Waals surface area contributed by atoms with Crippen LogP contribution in [0, 0.1) is 12.8 Å². The van der Waals surface area contributed by atoms with E-state index in [-0.39, 0.29) is 30.8 Å². The number of benzene rings is 1. The van der Waals surface area contributed by atoms with Gasteiger partial charge in [-0.25, -0.2) is 4.79 Å². The van der Waals surface area contributed by atoms with Gasteiger partial charge in [-0.3, -0.25) is 9.79 Å². The molecule has 156 valence electrons. The second kappa shape index (κ2) is 8.96. The number of ketones is 1. The van der Waals surface area contributed by atoms with Crippen molar-refractivity contribution in [1.29, 1.82) is 0 Å². The van der Waals surface area contributed by atoms with Crippen LogP contribution in [0.15, 0.2) is 58.7 Å². The standard InChI is InChI=1S/C24H25NO4S/c1-15-11-12-20(30-15)23-21(16(2)25-18-9-6-10-19(26)22(18)23)24(27)29-14-13-28-17-7-4-3-5-8-17/h3-5,7-8,11-12,22-23H,6,9-10,13-14H2,1-2H3/t22?,23-/m1/s1. The smallest absolute Gasteiger partial charge is 0.336 e. The fourth-order valence-corrected chi connectivity index (χ4v) is 5.23. The van der Waals surface area contributed by atoms with Gasteiger partial charge in [0.15, 0.2) is 0 Å². The van der Waals surface area contributed by atoms with Crippen molar-refractivity contribution in [2.75, 3.05) is 13.2 Å². The van der Waals surface area contributed by atoms with Gasteiger partial charge in [-0.2, -0.15) is 0 Å². The van der Waals surface area contributed by atoms with Crippen LogP contribution < -0.4 is 4.74 Å². The molecule has 1 unspecified atom stereocenters. The van der Waals surface area contributed by atoms with Crippen molar-refractivity contribution in [3.63, 3.8) is 0 Å². The monoisotopic (exact) mass is 423 g/mol. The Labute approximate surface area is 180 Å². The molecular formula is C24H25NO4S. The number of rotatable bonds is 6. The summed E-state index contributed by atoms with van der Waals surface area (Å²) in [4.78, 5) is 32.8. The summed E-state index contributed by atoms with van der Waals surface area (Å²) in [5, 5.41) is 0. The zero-order valence-electron chi connectivity index (χ0n) is 17.2. The van der Waals surface area contributed by atoms with E-state index < -0.39 is 5.97 Å². The minimum Gasteiger partial charge on any atom is -0.490 e. The quantitative estimate of drug-likeness (QED) is 0.492. The molecule has 2 heterocycles. The molecule has 2 atom stereocenters. The fourth-order valence-electron chi connectivity index (χ4n) is 4.20. The molecule has 0 radical (unpaired) electrons. The van der Waals surface area contributed by atoms with Gasteiger partial charge in [0, 0.05) is 33.5 Å². The van der Waals surface area contributed by atoms with E-state index in [4.69, 9.17) is 9.47 Å². The van der Waals surface area contributed by atoms with Crippen molar-refractivity contribution in [2.45, 2.75) is 39.0 Å². The number of esters is 1. The number of Topliss-reactive ketones (excluding diaryl/α,β-unsaturated/α-hetero) is 1. The number of hydrogen-bond acceptors (Lipinski definition) is 6. The predicted molar refractivity (Wildman–Crippen MR) is 117 cm³/mol. The lowest BCUT2D eigenvalue weighted by Gasteiger charge is -2.34. The molecule has 0 spiro atoms. The first-order chi connectivity index (χ1) is 14.5. The number of aryl methyl sites for hydroxylation is 1. The van der Waals surface area contributed by atoms with Crippen molar-refractivity contribution >= 4 is 28.8 Å². The zero-order valence-corrected chi connectivity index (χ0v) is 18.0. The molecule has 0 saturated heterocycles. The van der Waals surface area contributed by atoms with Crippen molar-refractivity contribution < 1.29 is 19.1 Å². The van der Waals surface area contributed by atoms with E-state index in [0.717, 1.165) is 34.1 Å². The first-order valence-electron chi connectivity index (χ1n) is 10.3. The van der Waals surface area contributed by atoms with Crippen LogP contribution in [0.3, 0.4) is 0 Å². The lowest BCUT2D eigenvalue weighted by atomic mass is 9.71. The average Bonchev–Trinajstić information content (AvgIpc) is 3.17. The number of hydrogen-bond donors (Lipinski definition) is 0. The highest BCUT2D eigenvalue weighted by Gasteiger charge is 2.44. The number of fused-ring (bicyclic) bond motifs is 1. The second-order valence-corrected chi connectivity index (χ2v) is 8.94. The van der Waals surface area contributed by atoms with Crippen molar-refractivity contribution in [3.8, 4) is 5.75 Å². The molecule has 1 fully saturated rings. The third-order valence-electron chi connectivity index (χ3n) is 5.52. The fraction of sp³-hybridized carbons (Fsp3) is 0.375. The van der Waals surface area contributed by atoms with E-state index >= 15 is 0 Å². The van der Waals surface area contributed by atoms with Crippen LogP contribution in [0.4, 0.5) is 0 Å². The third kappa shape index (κ3) is 4.24.